The number of carbonyl (C=O) groups excluding carboxylic acids is 2. The number of imide groups is 1. The van der Waals surface area contributed by atoms with Crippen molar-refractivity contribution >= 4 is 23.2 Å². The second kappa shape index (κ2) is 4.26. The zero-order valence-corrected chi connectivity index (χ0v) is 12.6. The number of nitro groups is 1. The van der Waals surface area contributed by atoms with Crippen LogP contribution in [-0.4, -0.2) is 28.4 Å². The molecule has 7 heteroatoms. The molecule has 4 atom stereocenters. The maximum atomic E-state index is 12.8. The van der Waals surface area contributed by atoms with E-state index in [2.05, 4.69) is 0 Å². The highest BCUT2D eigenvalue weighted by Gasteiger charge is 2.66. The van der Waals surface area contributed by atoms with Crippen molar-refractivity contribution in [1.82, 2.24) is 0 Å². The monoisotopic (exact) mass is 314 g/mol. The van der Waals surface area contributed by atoms with E-state index in [1.165, 1.54) is 12.1 Å². The molecular weight excluding hydrogens is 300 g/mol. The lowest BCUT2D eigenvalue weighted by Gasteiger charge is -2.24. The van der Waals surface area contributed by atoms with Gasteiger partial charge in [-0.15, -0.1) is 0 Å². The van der Waals surface area contributed by atoms with E-state index in [0.717, 1.165) is 4.90 Å². The molecule has 3 heterocycles. The normalized spacial score (nSPS) is 34.3. The highest BCUT2D eigenvalue weighted by Crippen LogP contribution is 2.52. The Hall–Kier alpha value is -2.54. The molecule has 0 radical (unpaired) electrons. The van der Waals surface area contributed by atoms with Crippen LogP contribution in [0.5, 0.6) is 0 Å². The summed E-state index contributed by atoms with van der Waals surface area (Å²) in [7, 11) is 0. The predicted octanol–water partition coefficient (Wildman–Crippen LogP) is 1.74. The molecule has 3 aliphatic rings. The molecule has 0 aliphatic carbocycles. The van der Waals surface area contributed by atoms with E-state index in [1.807, 2.05) is 12.2 Å². The molecule has 0 spiro atoms. The summed E-state index contributed by atoms with van der Waals surface area (Å²) >= 11 is 0. The number of ether oxygens (including phenoxy) is 1. The first-order chi connectivity index (χ1) is 10.8. The molecule has 2 saturated heterocycles. The number of fused-ring (bicyclic) bond motifs is 5. The van der Waals surface area contributed by atoms with Gasteiger partial charge in [0.1, 0.15) is 0 Å². The van der Waals surface area contributed by atoms with Crippen LogP contribution in [0.1, 0.15) is 12.5 Å². The van der Waals surface area contributed by atoms with Crippen molar-refractivity contribution in [2.24, 2.45) is 11.8 Å². The molecule has 3 aliphatic heterocycles. The molecule has 0 N–H and O–H groups in total. The molecule has 23 heavy (non-hydrogen) atoms. The Morgan fingerprint density at radius 3 is 2.70 bits per heavy atom. The van der Waals surface area contributed by atoms with Crippen LogP contribution in [0, 0.1) is 28.9 Å². The van der Waals surface area contributed by atoms with E-state index in [-0.39, 0.29) is 23.2 Å². The van der Waals surface area contributed by atoms with E-state index in [4.69, 9.17) is 4.74 Å². The first kappa shape index (κ1) is 14.1. The van der Waals surface area contributed by atoms with Crippen molar-refractivity contribution in [3.8, 4) is 0 Å². The van der Waals surface area contributed by atoms with Crippen LogP contribution in [0.4, 0.5) is 11.4 Å². The topological polar surface area (TPSA) is 89.8 Å². The Kier molecular flexibility index (Phi) is 2.61. The van der Waals surface area contributed by atoms with Gasteiger partial charge in [-0.2, -0.15) is 0 Å². The predicted molar refractivity (Wildman–Crippen MR) is 79.7 cm³/mol. The molecule has 0 saturated carbocycles. The van der Waals surface area contributed by atoms with Gasteiger partial charge < -0.3 is 4.74 Å². The number of nitrogens with zero attached hydrogens (tertiary/aromatic N) is 2. The van der Waals surface area contributed by atoms with Gasteiger partial charge in [-0.25, -0.2) is 4.90 Å². The lowest BCUT2D eigenvalue weighted by atomic mass is 9.78. The molecule has 118 valence electrons. The highest BCUT2D eigenvalue weighted by molar-refractivity contribution is 6.23. The van der Waals surface area contributed by atoms with Gasteiger partial charge in [0.2, 0.25) is 11.8 Å². The van der Waals surface area contributed by atoms with Crippen LogP contribution in [-0.2, 0) is 14.3 Å². The summed E-state index contributed by atoms with van der Waals surface area (Å²) in [5, 5.41) is 11.0. The van der Waals surface area contributed by atoms with Crippen LogP contribution in [0.2, 0.25) is 0 Å². The molecule has 0 unspecified atom stereocenters. The van der Waals surface area contributed by atoms with Crippen molar-refractivity contribution in [2.45, 2.75) is 25.6 Å². The number of nitro benzene ring substituents is 1. The fourth-order valence-electron chi connectivity index (χ4n) is 3.84. The van der Waals surface area contributed by atoms with Gasteiger partial charge >= 0.3 is 0 Å². The fourth-order valence-corrected chi connectivity index (χ4v) is 3.84. The lowest BCUT2D eigenvalue weighted by Crippen LogP contribution is -2.38. The molecule has 7 nitrogen and oxygen atoms in total. The third-order valence-electron chi connectivity index (χ3n) is 4.97. The third kappa shape index (κ3) is 1.68. The second-order valence-electron chi connectivity index (χ2n) is 6.37. The number of carbonyl (C=O) groups is 2. The van der Waals surface area contributed by atoms with Crippen LogP contribution >= 0.6 is 0 Å². The molecular formula is C16H14N2O5. The average Bonchev–Trinajstić information content (AvgIpc) is 3.09. The Morgan fingerprint density at radius 1 is 1.30 bits per heavy atom. The molecule has 1 aromatic rings. The third-order valence-corrected chi connectivity index (χ3v) is 4.97. The average molecular weight is 314 g/mol. The van der Waals surface area contributed by atoms with Gasteiger partial charge in [-0.1, -0.05) is 18.2 Å². The summed E-state index contributed by atoms with van der Waals surface area (Å²) in [4.78, 5) is 37.2. The number of aryl methyl sites for hydroxylation is 1. The maximum absolute atomic E-state index is 12.8. The minimum absolute atomic E-state index is 0.146. The van der Waals surface area contributed by atoms with Gasteiger partial charge in [0, 0.05) is 12.1 Å². The van der Waals surface area contributed by atoms with Gasteiger partial charge in [-0.3, -0.25) is 19.7 Å². The summed E-state index contributed by atoms with van der Waals surface area (Å²) in [6.45, 7) is 3.52. The maximum Gasteiger partial charge on any atom is 0.271 e. The van der Waals surface area contributed by atoms with E-state index in [1.54, 1.807) is 19.9 Å². The van der Waals surface area contributed by atoms with Crippen LogP contribution in [0.3, 0.4) is 0 Å². The summed E-state index contributed by atoms with van der Waals surface area (Å²) in [5.74, 6) is -1.81. The van der Waals surface area contributed by atoms with E-state index in [9.17, 15) is 19.7 Å². The SMILES string of the molecule is Cc1ccc([N+](=O)[O-])cc1N1C(=O)[C@@H]2[C@H]3C=C[C@@](C)(O3)[C@H]2C1=O. The number of non-ortho nitro benzene ring substituents is 1. The standard InChI is InChI=1S/C16H14N2O5/c1-8-3-4-9(18(21)22)7-10(8)17-14(19)12-11-5-6-16(2,23-11)13(12)15(17)20/h3-7,11-13H,1-2H3/t11-,12-,13-,16-/m1/s1. The number of rotatable bonds is 2. The zero-order chi connectivity index (χ0) is 16.5. The minimum Gasteiger partial charge on any atom is -0.362 e. The van der Waals surface area contributed by atoms with Crippen molar-refractivity contribution in [2.75, 3.05) is 4.90 Å². The Balaban J connectivity index is 1.81. The van der Waals surface area contributed by atoms with Crippen LogP contribution in [0.25, 0.3) is 0 Å². The van der Waals surface area contributed by atoms with Crippen molar-refractivity contribution in [3.05, 3.63) is 46.0 Å². The van der Waals surface area contributed by atoms with Crippen molar-refractivity contribution in [1.29, 1.82) is 0 Å². The first-order valence-corrected chi connectivity index (χ1v) is 7.33. The molecule has 2 fully saturated rings. The van der Waals surface area contributed by atoms with Gasteiger partial charge in [-0.05, 0) is 19.4 Å². The summed E-state index contributed by atoms with van der Waals surface area (Å²) in [6, 6.07) is 4.19. The highest BCUT2D eigenvalue weighted by atomic mass is 16.6. The van der Waals surface area contributed by atoms with E-state index in [0.29, 0.717) is 5.56 Å². The van der Waals surface area contributed by atoms with E-state index < -0.39 is 28.5 Å². The quantitative estimate of drug-likeness (QED) is 0.359. The fraction of sp³-hybridized carbons (Fsp3) is 0.375. The molecule has 0 aromatic heterocycles. The summed E-state index contributed by atoms with van der Waals surface area (Å²) in [5.41, 5.74) is 0.00732. The molecule has 4 rings (SSSR count). The van der Waals surface area contributed by atoms with E-state index >= 15 is 0 Å². The lowest BCUT2D eigenvalue weighted by molar-refractivity contribution is -0.384. The van der Waals surface area contributed by atoms with Crippen LogP contribution in [0.15, 0.2) is 30.4 Å². The minimum atomic E-state index is -0.772. The summed E-state index contributed by atoms with van der Waals surface area (Å²) in [6.07, 6.45) is 3.25. The van der Waals surface area contributed by atoms with Gasteiger partial charge in [0.15, 0.2) is 0 Å². The van der Waals surface area contributed by atoms with Gasteiger partial charge in [0.25, 0.3) is 5.69 Å². The van der Waals surface area contributed by atoms with Crippen molar-refractivity contribution in [3.63, 3.8) is 0 Å². The Bertz CT molecular complexity index is 802. The number of hydrogen-bond acceptors (Lipinski definition) is 5. The van der Waals surface area contributed by atoms with Crippen molar-refractivity contribution < 1.29 is 19.2 Å². The summed E-state index contributed by atoms with van der Waals surface area (Å²) < 4.78 is 5.76. The number of anilines is 1. The van der Waals surface area contributed by atoms with Gasteiger partial charge in [0.05, 0.1) is 34.2 Å². The molecule has 1 aromatic carbocycles. The smallest absolute Gasteiger partial charge is 0.271 e. The zero-order valence-electron chi connectivity index (χ0n) is 12.6. The first-order valence-electron chi connectivity index (χ1n) is 7.33. The van der Waals surface area contributed by atoms with Crippen LogP contribution < -0.4 is 4.90 Å². The second-order valence-corrected chi connectivity index (χ2v) is 6.37. The number of amides is 2. The molecule has 2 bridgehead atoms. The largest absolute Gasteiger partial charge is 0.362 e. The number of benzene rings is 1. The number of hydrogen-bond donors (Lipinski definition) is 0. The Labute approximate surface area is 131 Å². The Morgan fingerprint density at radius 2 is 2.04 bits per heavy atom. The molecule has 2 amide bonds.